The minimum absolute atomic E-state index is 0.0387. The summed E-state index contributed by atoms with van der Waals surface area (Å²) < 4.78 is 5.54. The zero-order valence-corrected chi connectivity index (χ0v) is 13.9. The van der Waals surface area contributed by atoms with E-state index in [0.29, 0.717) is 5.92 Å². The van der Waals surface area contributed by atoms with Crippen molar-refractivity contribution in [3.8, 4) is 5.75 Å². The van der Waals surface area contributed by atoms with Crippen molar-refractivity contribution >= 4 is 5.91 Å². The number of unbranched alkanes of at least 4 members (excludes halogenated alkanes) is 1. The van der Waals surface area contributed by atoms with Gasteiger partial charge in [0.1, 0.15) is 5.75 Å². The molecule has 1 aromatic rings. The van der Waals surface area contributed by atoms with E-state index in [0.717, 1.165) is 18.7 Å². The van der Waals surface area contributed by atoms with Crippen LogP contribution in [-0.2, 0) is 4.79 Å². The quantitative estimate of drug-likeness (QED) is 0.746. The smallest absolute Gasteiger partial charge is 0.257 e. The van der Waals surface area contributed by atoms with Gasteiger partial charge in [-0.15, -0.1) is 0 Å². The minimum Gasteiger partial charge on any atom is -0.484 e. The molecule has 0 unspecified atom stereocenters. The Hall–Kier alpha value is -1.51. The standard InChI is InChI=1S/C18H29NO2/c1-5-7-8-16(6-2)12-19-18(20)13-21-17-10-9-14(3)15(4)11-17/h9-11,16H,5-8,12-13H2,1-4H3,(H,19,20)/t16-/m1/s1. The molecular weight excluding hydrogens is 262 g/mol. The predicted molar refractivity (Wildman–Crippen MR) is 87.7 cm³/mol. The Kier molecular flexibility index (Phi) is 7.88. The lowest BCUT2D eigenvalue weighted by atomic mass is 9.99. The molecule has 118 valence electrons. The van der Waals surface area contributed by atoms with Crippen molar-refractivity contribution in [3.63, 3.8) is 0 Å². The van der Waals surface area contributed by atoms with Gasteiger partial charge >= 0.3 is 0 Å². The number of carbonyl (C=O) groups is 1. The molecule has 0 aromatic heterocycles. The van der Waals surface area contributed by atoms with Gasteiger partial charge in [-0.3, -0.25) is 4.79 Å². The largest absolute Gasteiger partial charge is 0.484 e. The Bertz CT molecular complexity index is 443. The van der Waals surface area contributed by atoms with Crippen LogP contribution >= 0.6 is 0 Å². The van der Waals surface area contributed by atoms with Gasteiger partial charge in [-0.05, 0) is 49.4 Å². The molecule has 3 heteroatoms. The molecule has 1 amide bonds. The molecule has 0 spiro atoms. The highest BCUT2D eigenvalue weighted by atomic mass is 16.5. The average Bonchev–Trinajstić information content (AvgIpc) is 2.48. The molecule has 0 aliphatic heterocycles. The van der Waals surface area contributed by atoms with Crippen LogP contribution in [0.25, 0.3) is 0 Å². The summed E-state index contributed by atoms with van der Waals surface area (Å²) in [4.78, 5) is 11.8. The molecule has 1 aromatic carbocycles. The zero-order valence-electron chi connectivity index (χ0n) is 13.9. The Balaban J connectivity index is 2.31. The van der Waals surface area contributed by atoms with Gasteiger partial charge in [0, 0.05) is 6.54 Å². The zero-order chi connectivity index (χ0) is 15.7. The van der Waals surface area contributed by atoms with Crippen molar-refractivity contribution in [1.29, 1.82) is 0 Å². The van der Waals surface area contributed by atoms with Gasteiger partial charge in [-0.2, -0.15) is 0 Å². The van der Waals surface area contributed by atoms with Crippen LogP contribution in [0.1, 0.15) is 50.7 Å². The molecule has 21 heavy (non-hydrogen) atoms. The minimum atomic E-state index is -0.0387. The average molecular weight is 291 g/mol. The van der Waals surface area contributed by atoms with E-state index >= 15 is 0 Å². The third-order valence-electron chi connectivity index (χ3n) is 3.98. The third-order valence-corrected chi connectivity index (χ3v) is 3.98. The maximum Gasteiger partial charge on any atom is 0.257 e. The predicted octanol–water partition coefficient (Wildman–Crippen LogP) is 4.01. The van der Waals surface area contributed by atoms with Gasteiger partial charge < -0.3 is 10.1 Å². The summed E-state index contributed by atoms with van der Waals surface area (Å²) in [6, 6.07) is 5.89. The van der Waals surface area contributed by atoms with E-state index in [1.807, 2.05) is 25.1 Å². The van der Waals surface area contributed by atoms with Crippen LogP contribution in [0.4, 0.5) is 0 Å². The summed E-state index contributed by atoms with van der Waals surface area (Å²) in [6.07, 6.45) is 4.73. The second kappa shape index (κ2) is 9.43. The Morgan fingerprint density at radius 1 is 1.24 bits per heavy atom. The summed E-state index contributed by atoms with van der Waals surface area (Å²) in [7, 11) is 0. The van der Waals surface area contributed by atoms with Gasteiger partial charge in [0.2, 0.25) is 0 Å². The molecule has 0 aliphatic rings. The van der Waals surface area contributed by atoms with Crippen molar-refractivity contribution in [2.45, 2.75) is 53.4 Å². The SMILES string of the molecule is CCCC[C@@H](CC)CNC(=O)COc1ccc(C)c(C)c1. The monoisotopic (exact) mass is 291 g/mol. The maximum atomic E-state index is 11.8. The summed E-state index contributed by atoms with van der Waals surface area (Å²) in [5.74, 6) is 1.30. The lowest BCUT2D eigenvalue weighted by molar-refractivity contribution is -0.123. The first-order chi connectivity index (χ1) is 10.1. The summed E-state index contributed by atoms with van der Waals surface area (Å²) in [6.45, 7) is 9.33. The summed E-state index contributed by atoms with van der Waals surface area (Å²) in [5.41, 5.74) is 2.41. The molecule has 0 aliphatic carbocycles. The van der Waals surface area contributed by atoms with Crippen LogP contribution in [0, 0.1) is 19.8 Å². The lowest BCUT2D eigenvalue weighted by Crippen LogP contribution is -2.33. The van der Waals surface area contributed by atoms with Crippen molar-refractivity contribution in [2.75, 3.05) is 13.2 Å². The molecule has 0 saturated carbocycles. The van der Waals surface area contributed by atoms with E-state index in [4.69, 9.17) is 4.74 Å². The fraction of sp³-hybridized carbons (Fsp3) is 0.611. The van der Waals surface area contributed by atoms with E-state index in [9.17, 15) is 4.79 Å². The topological polar surface area (TPSA) is 38.3 Å². The van der Waals surface area contributed by atoms with Gasteiger partial charge in [-0.1, -0.05) is 39.2 Å². The second-order valence-electron chi connectivity index (χ2n) is 5.76. The van der Waals surface area contributed by atoms with Crippen LogP contribution < -0.4 is 10.1 Å². The fourth-order valence-corrected chi connectivity index (χ4v) is 2.21. The van der Waals surface area contributed by atoms with Crippen molar-refractivity contribution < 1.29 is 9.53 Å². The van der Waals surface area contributed by atoms with Crippen LogP contribution in [0.2, 0.25) is 0 Å². The number of hydrogen-bond acceptors (Lipinski definition) is 2. The molecule has 1 rings (SSSR count). The number of nitrogens with one attached hydrogen (secondary N) is 1. The highest BCUT2D eigenvalue weighted by Gasteiger charge is 2.09. The Labute approximate surface area is 129 Å². The van der Waals surface area contributed by atoms with Crippen molar-refractivity contribution in [3.05, 3.63) is 29.3 Å². The van der Waals surface area contributed by atoms with Gasteiger partial charge in [0.15, 0.2) is 6.61 Å². The molecule has 0 heterocycles. The van der Waals surface area contributed by atoms with Crippen molar-refractivity contribution in [1.82, 2.24) is 5.32 Å². The normalized spacial score (nSPS) is 12.0. The molecule has 1 N–H and O–H groups in total. The highest BCUT2D eigenvalue weighted by Crippen LogP contribution is 2.16. The number of carbonyl (C=O) groups excluding carboxylic acids is 1. The first-order valence-electron chi connectivity index (χ1n) is 8.03. The number of amides is 1. The number of hydrogen-bond donors (Lipinski definition) is 1. The first-order valence-corrected chi connectivity index (χ1v) is 8.03. The Morgan fingerprint density at radius 2 is 2.00 bits per heavy atom. The number of benzene rings is 1. The molecule has 0 radical (unpaired) electrons. The highest BCUT2D eigenvalue weighted by molar-refractivity contribution is 5.77. The molecular formula is C18H29NO2. The van der Waals surface area contributed by atoms with Gasteiger partial charge in [-0.25, -0.2) is 0 Å². The number of aryl methyl sites for hydroxylation is 2. The molecule has 0 saturated heterocycles. The van der Waals surface area contributed by atoms with E-state index in [1.54, 1.807) is 0 Å². The summed E-state index contributed by atoms with van der Waals surface area (Å²) >= 11 is 0. The summed E-state index contributed by atoms with van der Waals surface area (Å²) in [5, 5.41) is 2.97. The second-order valence-corrected chi connectivity index (χ2v) is 5.76. The Morgan fingerprint density at radius 3 is 2.62 bits per heavy atom. The molecule has 1 atom stereocenters. The first kappa shape index (κ1) is 17.5. The molecule has 0 bridgehead atoms. The van der Waals surface area contributed by atoms with Crippen LogP contribution in [0.15, 0.2) is 18.2 Å². The van der Waals surface area contributed by atoms with Gasteiger partial charge in [0.05, 0.1) is 0 Å². The third kappa shape index (κ3) is 6.65. The van der Waals surface area contributed by atoms with E-state index in [2.05, 4.69) is 26.1 Å². The van der Waals surface area contributed by atoms with Crippen LogP contribution in [-0.4, -0.2) is 19.1 Å². The van der Waals surface area contributed by atoms with E-state index < -0.39 is 0 Å². The maximum absolute atomic E-state index is 11.8. The fourth-order valence-electron chi connectivity index (χ4n) is 2.21. The van der Waals surface area contributed by atoms with E-state index in [1.165, 1.54) is 30.4 Å². The number of rotatable bonds is 9. The van der Waals surface area contributed by atoms with Crippen LogP contribution in [0.3, 0.4) is 0 Å². The molecule has 3 nitrogen and oxygen atoms in total. The van der Waals surface area contributed by atoms with Gasteiger partial charge in [0.25, 0.3) is 5.91 Å². The molecule has 0 fully saturated rings. The lowest BCUT2D eigenvalue weighted by Gasteiger charge is -2.15. The van der Waals surface area contributed by atoms with E-state index in [-0.39, 0.29) is 12.5 Å². The number of ether oxygens (including phenoxy) is 1. The van der Waals surface area contributed by atoms with Crippen LogP contribution in [0.5, 0.6) is 5.75 Å². The van der Waals surface area contributed by atoms with Crippen molar-refractivity contribution in [2.24, 2.45) is 5.92 Å².